The molecular weight excluding hydrogens is 416 g/mol. The topological polar surface area (TPSA) is 49.4 Å². The van der Waals surface area contributed by atoms with Crippen molar-refractivity contribution in [2.45, 2.75) is 32.7 Å². The van der Waals surface area contributed by atoms with Gasteiger partial charge in [-0.1, -0.05) is 35.9 Å². The molecule has 0 atom stereocenters. The Morgan fingerprint density at radius 1 is 1.13 bits per heavy atom. The van der Waals surface area contributed by atoms with Gasteiger partial charge in [0.25, 0.3) is 5.91 Å². The average Bonchev–Trinajstić information content (AvgIpc) is 3.22. The molecule has 4 rings (SSSR count). The number of nitrogens with one attached hydrogen (secondary N) is 1. The van der Waals surface area contributed by atoms with Gasteiger partial charge in [0.15, 0.2) is 0 Å². The number of halogens is 1. The minimum absolute atomic E-state index is 0.0107. The number of amides is 2. The van der Waals surface area contributed by atoms with E-state index in [0.29, 0.717) is 35.7 Å². The van der Waals surface area contributed by atoms with Crippen LogP contribution in [-0.4, -0.2) is 23.3 Å². The number of nitrogens with zero attached hydrogens (tertiary/aromatic N) is 1. The minimum atomic E-state index is -0.0940. The summed E-state index contributed by atoms with van der Waals surface area (Å²) in [6.45, 7) is 3.25. The molecule has 4 nitrogen and oxygen atoms in total. The lowest BCUT2D eigenvalue weighted by atomic mass is 10.0. The summed E-state index contributed by atoms with van der Waals surface area (Å²) in [6, 6.07) is 15.1. The highest BCUT2D eigenvalue weighted by Crippen LogP contribution is 2.27. The van der Waals surface area contributed by atoms with Crippen molar-refractivity contribution in [3.8, 4) is 0 Å². The van der Waals surface area contributed by atoms with Crippen molar-refractivity contribution in [1.29, 1.82) is 0 Å². The zero-order valence-corrected chi connectivity index (χ0v) is 18.4. The molecule has 1 aliphatic rings. The van der Waals surface area contributed by atoms with Crippen LogP contribution in [-0.2, 0) is 24.2 Å². The van der Waals surface area contributed by atoms with Gasteiger partial charge in [0.05, 0.1) is 0 Å². The summed E-state index contributed by atoms with van der Waals surface area (Å²) < 4.78 is 0. The molecule has 1 aliphatic heterocycles. The predicted octanol–water partition coefficient (Wildman–Crippen LogP) is 5.48. The summed E-state index contributed by atoms with van der Waals surface area (Å²) in [6.07, 6.45) is 1.80. The van der Waals surface area contributed by atoms with Gasteiger partial charge < -0.3 is 10.2 Å². The second kappa shape index (κ2) is 9.02. The summed E-state index contributed by atoms with van der Waals surface area (Å²) >= 11 is 7.93. The molecule has 6 heteroatoms. The Labute approximate surface area is 185 Å². The van der Waals surface area contributed by atoms with E-state index in [2.05, 4.69) is 16.8 Å². The lowest BCUT2D eigenvalue weighted by Crippen LogP contribution is -2.35. The molecule has 0 radical (unpaired) electrons. The van der Waals surface area contributed by atoms with E-state index in [4.69, 9.17) is 11.6 Å². The van der Waals surface area contributed by atoms with Crippen molar-refractivity contribution in [2.24, 2.45) is 0 Å². The molecule has 0 bridgehead atoms. The SMILES string of the molecule is Cc1c(NC(=O)CCc2ccccc2Cl)cccc1C(=O)N1CCc2sccc2C1. The number of thiophene rings is 1. The Balaban J connectivity index is 1.43. The van der Waals surface area contributed by atoms with Crippen LogP contribution in [0.5, 0.6) is 0 Å². The standard InChI is InChI=1S/C24H23ClN2O2S/c1-16-19(24(29)27-13-11-22-18(15-27)12-14-30-22)6-4-8-21(16)26-23(28)10-9-17-5-2-3-7-20(17)25/h2-8,12,14H,9-11,13,15H2,1H3,(H,26,28). The highest BCUT2D eigenvalue weighted by atomic mass is 35.5. The molecule has 154 valence electrons. The van der Waals surface area contributed by atoms with E-state index in [0.717, 1.165) is 24.1 Å². The van der Waals surface area contributed by atoms with E-state index < -0.39 is 0 Å². The second-order valence-corrected chi connectivity index (χ2v) is 8.87. The molecule has 30 heavy (non-hydrogen) atoms. The molecule has 3 aromatic rings. The molecule has 2 aromatic carbocycles. The van der Waals surface area contributed by atoms with Crippen molar-refractivity contribution in [3.05, 3.63) is 86.1 Å². The molecule has 1 aromatic heterocycles. The summed E-state index contributed by atoms with van der Waals surface area (Å²) in [5.41, 5.74) is 4.30. The molecule has 2 heterocycles. The van der Waals surface area contributed by atoms with E-state index in [1.165, 1.54) is 10.4 Å². The fourth-order valence-corrected chi connectivity index (χ4v) is 4.88. The van der Waals surface area contributed by atoms with E-state index in [1.54, 1.807) is 11.3 Å². The lowest BCUT2D eigenvalue weighted by molar-refractivity contribution is -0.116. The van der Waals surface area contributed by atoms with Crippen LogP contribution in [0.15, 0.2) is 53.9 Å². The van der Waals surface area contributed by atoms with Crippen LogP contribution in [0.1, 0.15) is 38.3 Å². The third-order valence-corrected chi connectivity index (χ3v) is 6.90. The van der Waals surface area contributed by atoms with E-state index in [1.807, 2.05) is 54.3 Å². The molecule has 0 saturated heterocycles. The number of carbonyl (C=O) groups excluding carboxylic acids is 2. The van der Waals surface area contributed by atoms with Crippen LogP contribution in [0, 0.1) is 6.92 Å². The number of hydrogen-bond acceptors (Lipinski definition) is 3. The Morgan fingerprint density at radius 3 is 2.80 bits per heavy atom. The Hall–Kier alpha value is -2.63. The Kier molecular flexibility index (Phi) is 6.21. The molecule has 0 spiro atoms. The zero-order chi connectivity index (χ0) is 21.1. The van der Waals surface area contributed by atoms with Gasteiger partial charge in [-0.25, -0.2) is 0 Å². The van der Waals surface area contributed by atoms with Crippen molar-refractivity contribution in [1.82, 2.24) is 4.90 Å². The molecular formula is C24H23ClN2O2S. The summed E-state index contributed by atoms with van der Waals surface area (Å²) in [5, 5.41) is 5.72. The zero-order valence-electron chi connectivity index (χ0n) is 16.8. The van der Waals surface area contributed by atoms with Crippen molar-refractivity contribution >= 4 is 40.4 Å². The predicted molar refractivity (Wildman–Crippen MR) is 122 cm³/mol. The number of hydrogen-bond donors (Lipinski definition) is 1. The molecule has 0 unspecified atom stereocenters. The van der Waals surface area contributed by atoms with Gasteiger partial charge in [-0.15, -0.1) is 11.3 Å². The largest absolute Gasteiger partial charge is 0.334 e. The third-order valence-electron chi connectivity index (χ3n) is 5.51. The Bertz CT molecular complexity index is 1090. The van der Waals surface area contributed by atoms with E-state index in [9.17, 15) is 9.59 Å². The van der Waals surface area contributed by atoms with Crippen LogP contribution >= 0.6 is 22.9 Å². The fraction of sp³-hybridized carbons (Fsp3) is 0.250. The number of benzene rings is 2. The first-order chi connectivity index (χ1) is 14.5. The van der Waals surface area contributed by atoms with E-state index >= 15 is 0 Å². The van der Waals surface area contributed by atoms with Gasteiger partial charge >= 0.3 is 0 Å². The number of fused-ring (bicyclic) bond motifs is 1. The lowest BCUT2D eigenvalue weighted by Gasteiger charge is -2.28. The van der Waals surface area contributed by atoms with Gasteiger partial charge in [-0.2, -0.15) is 0 Å². The van der Waals surface area contributed by atoms with Crippen molar-refractivity contribution in [3.63, 3.8) is 0 Å². The fourth-order valence-electron chi connectivity index (χ4n) is 3.76. The van der Waals surface area contributed by atoms with Crippen molar-refractivity contribution in [2.75, 3.05) is 11.9 Å². The Morgan fingerprint density at radius 2 is 1.97 bits per heavy atom. The molecule has 0 fully saturated rings. The maximum atomic E-state index is 13.1. The first-order valence-corrected chi connectivity index (χ1v) is 11.3. The minimum Gasteiger partial charge on any atom is -0.334 e. The smallest absolute Gasteiger partial charge is 0.254 e. The van der Waals surface area contributed by atoms with Gasteiger partial charge in [-0.3, -0.25) is 9.59 Å². The first kappa shape index (κ1) is 20.6. The third kappa shape index (κ3) is 4.42. The van der Waals surface area contributed by atoms with Crippen LogP contribution < -0.4 is 5.32 Å². The van der Waals surface area contributed by atoms with Crippen LogP contribution in [0.25, 0.3) is 0 Å². The normalized spacial score (nSPS) is 13.1. The maximum Gasteiger partial charge on any atom is 0.254 e. The summed E-state index contributed by atoms with van der Waals surface area (Å²) in [7, 11) is 0. The van der Waals surface area contributed by atoms with Gasteiger partial charge in [0, 0.05) is 40.7 Å². The van der Waals surface area contributed by atoms with Crippen LogP contribution in [0.3, 0.4) is 0 Å². The highest BCUT2D eigenvalue weighted by molar-refractivity contribution is 7.10. The number of rotatable bonds is 5. The average molecular weight is 439 g/mol. The van der Waals surface area contributed by atoms with E-state index in [-0.39, 0.29) is 11.8 Å². The molecule has 0 saturated carbocycles. The van der Waals surface area contributed by atoms with Crippen LogP contribution in [0.4, 0.5) is 5.69 Å². The van der Waals surface area contributed by atoms with Gasteiger partial charge in [0.2, 0.25) is 5.91 Å². The molecule has 1 N–H and O–H groups in total. The van der Waals surface area contributed by atoms with Gasteiger partial charge in [0.1, 0.15) is 0 Å². The maximum absolute atomic E-state index is 13.1. The van der Waals surface area contributed by atoms with Crippen molar-refractivity contribution < 1.29 is 9.59 Å². The summed E-state index contributed by atoms with van der Waals surface area (Å²) in [4.78, 5) is 28.9. The highest BCUT2D eigenvalue weighted by Gasteiger charge is 2.24. The van der Waals surface area contributed by atoms with Crippen LogP contribution in [0.2, 0.25) is 5.02 Å². The second-order valence-electron chi connectivity index (χ2n) is 7.46. The number of anilines is 1. The number of aryl methyl sites for hydroxylation is 1. The monoisotopic (exact) mass is 438 g/mol. The molecule has 0 aliphatic carbocycles. The van der Waals surface area contributed by atoms with Gasteiger partial charge in [-0.05, 0) is 66.1 Å². The first-order valence-electron chi connectivity index (χ1n) is 10.0. The quantitative estimate of drug-likeness (QED) is 0.573. The summed E-state index contributed by atoms with van der Waals surface area (Å²) in [5.74, 6) is -0.0833. The molecule has 2 amide bonds. The number of carbonyl (C=O) groups is 2.